The minimum atomic E-state index is -4.85. The molecular formula is C16H19F3N2O5S. The van der Waals surface area contributed by atoms with E-state index in [2.05, 4.69) is 5.32 Å². The minimum Gasteiger partial charge on any atom is -0.350 e. The highest BCUT2D eigenvalue weighted by Gasteiger charge is 2.39. The average molecular weight is 408 g/mol. The van der Waals surface area contributed by atoms with Gasteiger partial charge in [0, 0.05) is 12.1 Å². The third-order valence-corrected chi connectivity index (χ3v) is 4.79. The summed E-state index contributed by atoms with van der Waals surface area (Å²) in [5, 5.41) is 13.2. The molecule has 1 aromatic carbocycles. The monoisotopic (exact) mass is 408 g/mol. The standard InChI is InChI=1S/C16H19F3N2O5S/c1-7(2)20-14(22)10-5-12(21(23)24)13(6-11(10)16(17,18)19)27-8(3)15-25-9(4)26-15/h5-9,15H,1-4H3,(H,20,22). The van der Waals surface area contributed by atoms with Crippen LogP contribution in [0, 0.1) is 10.1 Å². The van der Waals surface area contributed by atoms with E-state index in [9.17, 15) is 28.1 Å². The molecule has 0 saturated carbocycles. The van der Waals surface area contributed by atoms with Crippen LogP contribution >= 0.6 is 11.8 Å². The number of thioether (sulfide) groups is 1. The van der Waals surface area contributed by atoms with Crippen LogP contribution in [-0.2, 0) is 15.7 Å². The fourth-order valence-electron chi connectivity index (χ4n) is 2.43. The normalized spacial score (nSPS) is 20.9. The quantitative estimate of drug-likeness (QED) is 0.435. The number of ether oxygens (including phenoxy) is 2. The second-order valence-electron chi connectivity index (χ2n) is 6.28. The molecular weight excluding hydrogens is 389 g/mol. The first-order chi connectivity index (χ1) is 12.4. The Morgan fingerprint density at radius 3 is 2.33 bits per heavy atom. The van der Waals surface area contributed by atoms with Gasteiger partial charge in [-0.15, -0.1) is 11.8 Å². The van der Waals surface area contributed by atoms with Gasteiger partial charge < -0.3 is 14.8 Å². The van der Waals surface area contributed by atoms with Crippen molar-refractivity contribution in [2.75, 3.05) is 0 Å². The zero-order valence-corrected chi connectivity index (χ0v) is 15.8. The fraction of sp³-hybridized carbons (Fsp3) is 0.562. The van der Waals surface area contributed by atoms with E-state index in [1.807, 2.05) is 0 Å². The number of alkyl halides is 3. The molecule has 150 valence electrons. The van der Waals surface area contributed by atoms with Crippen LogP contribution in [0.15, 0.2) is 17.0 Å². The van der Waals surface area contributed by atoms with Crippen LogP contribution < -0.4 is 5.32 Å². The molecule has 0 spiro atoms. The van der Waals surface area contributed by atoms with Crippen LogP contribution in [0.2, 0.25) is 0 Å². The van der Waals surface area contributed by atoms with E-state index in [4.69, 9.17) is 9.47 Å². The lowest BCUT2D eigenvalue weighted by atomic mass is 10.0. The highest BCUT2D eigenvalue weighted by Crippen LogP contribution is 2.42. The number of rotatable bonds is 6. The van der Waals surface area contributed by atoms with E-state index in [1.165, 1.54) is 0 Å². The summed E-state index contributed by atoms with van der Waals surface area (Å²) in [4.78, 5) is 22.5. The molecule has 0 radical (unpaired) electrons. The Morgan fingerprint density at radius 1 is 1.30 bits per heavy atom. The maximum Gasteiger partial charge on any atom is 0.417 e. The number of halogens is 3. The number of nitrogens with one attached hydrogen (secondary N) is 1. The first kappa shape index (κ1) is 21.5. The van der Waals surface area contributed by atoms with Crippen LogP contribution in [0.25, 0.3) is 0 Å². The van der Waals surface area contributed by atoms with Crippen molar-refractivity contribution in [3.8, 4) is 0 Å². The molecule has 1 amide bonds. The molecule has 1 N–H and O–H groups in total. The number of benzene rings is 1. The van der Waals surface area contributed by atoms with Gasteiger partial charge in [-0.1, -0.05) is 0 Å². The van der Waals surface area contributed by atoms with Gasteiger partial charge >= 0.3 is 6.18 Å². The summed E-state index contributed by atoms with van der Waals surface area (Å²) in [5.41, 5.74) is -2.60. The third-order valence-electron chi connectivity index (χ3n) is 3.61. The first-order valence-electron chi connectivity index (χ1n) is 8.08. The number of amides is 1. The van der Waals surface area contributed by atoms with Crippen molar-refractivity contribution >= 4 is 23.4 Å². The maximum atomic E-state index is 13.5. The van der Waals surface area contributed by atoms with Crippen LogP contribution in [0.3, 0.4) is 0 Å². The molecule has 0 bridgehead atoms. The number of nitro groups is 1. The van der Waals surface area contributed by atoms with E-state index in [0.29, 0.717) is 12.1 Å². The highest BCUT2D eigenvalue weighted by molar-refractivity contribution is 8.00. The molecule has 0 aromatic heterocycles. The molecule has 1 fully saturated rings. The van der Waals surface area contributed by atoms with E-state index in [1.54, 1.807) is 27.7 Å². The molecule has 7 nitrogen and oxygen atoms in total. The van der Waals surface area contributed by atoms with Gasteiger partial charge in [-0.25, -0.2) is 0 Å². The average Bonchev–Trinajstić information content (AvgIpc) is 2.49. The van der Waals surface area contributed by atoms with Gasteiger partial charge in [0.15, 0.2) is 12.6 Å². The molecule has 2 rings (SSSR count). The Balaban J connectivity index is 2.46. The number of hydrogen-bond donors (Lipinski definition) is 1. The topological polar surface area (TPSA) is 90.7 Å². The van der Waals surface area contributed by atoms with Gasteiger partial charge in [0.2, 0.25) is 0 Å². The SMILES string of the molecule is CC(C)NC(=O)c1cc([N+](=O)[O-])c(SC(C)C2OC(C)O2)cc1C(F)(F)F. The predicted molar refractivity (Wildman–Crippen MR) is 91.4 cm³/mol. The number of nitrogens with zero attached hydrogens (tertiary/aromatic N) is 1. The maximum absolute atomic E-state index is 13.5. The minimum absolute atomic E-state index is 0.215. The van der Waals surface area contributed by atoms with E-state index in [0.717, 1.165) is 11.8 Å². The number of carbonyl (C=O) groups is 1. The Labute approximate surface area is 157 Å². The smallest absolute Gasteiger partial charge is 0.350 e. The Hall–Kier alpha value is -1.85. The molecule has 0 aliphatic carbocycles. The van der Waals surface area contributed by atoms with Crippen molar-refractivity contribution in [1.82, 2.24) is 5.32 Å². The molecule has 1 atom stereocenters. The van der Waals surface area contributed by atoms with Gasteiger partial charge in [-0.3, -0.25) is 14.9 Å². The molecule has 1 heterocycles. The van der Waals surface area contributed by atoms with Crippen LogP contribution in [0.1, 0.15) is 43.6 Å². The lowest BCUT2D eigenvalue weighted by Crippen LogP contribution is -2.44. The molecule has 1 aliphatic rings. The zero-order valence-electron chi connectivity index (χ0n) is 15.0. The summed E-state index contributed by atoms with van der Waals surface area (Å²) in [6, 6.07) is 0.874. The van der Waals surface area contributed by atoms with Gasteiger partial charge in [0.1, 0.15) is 0 Å². The van der Waals surface area contributed by atoms with Crippen LogP contribution in [0.5, 0.6) is 0 Å². The number of nitro benzene ring substituents is 1. The third kappa shape index (κ3) is 5.11. The summed E-state index contributed by atoms with van der Waals surface area (Å²) in [6.45, 7) is 6.42. The van der Waals surface area contributed by atoms with Gasteiger partial charge in [-0.05, 0) is 33.8 Å². The summed E-state index contributed by atoms with van der Waals surface area (Å²) >= 11 is 0.826. The van der Waals surface area contributed by atoms with Crippen molar-refractivity contribution in [1.29, 1.82) is 0 Å². The summed E-state index contributed by atoms with van der Waals surface area (Å²) in [5.74, 6) is -1.02. The van der Waals surface area contributed by atoms with Crippen molar-refractivity contribution in [2.45, 2.75) is 62.6 Å². The zero-order chi connectivity index (χ0) is 20.5. The van der Waals surface area contributed by atoms with Crippen molar-refractivity contribution in [3.63, 3.8) is 0 Å². The Bertz CT molecular complexity index is 736. The second-order valence-corrected chi connectivity index (χ2v) is 7.70. The first-order valence-corrected chi connectivity index (χ1v) is 8.96. The lowest BCUT2D eigenvalue weighted by Gasteiger charge is -2.37. The van der Waals surface area contributed by atoms with E-state index >= 15 is 0 Å². The highest BCUT2D eigenvalue weighted by atomic mass is 32.2. The molecule has 1 aromatic rings. The van der Waals surface area contributed by atoms with Crippen molar-refractivity contribution in [3.05, 3.63) is 33.4 Å². The van der Waals surface area contributed by atoms with Gasteiger partial charge in [-0.2, -0.15) is 13.2 Å². The van der Waals surface area contributed by atoms with Crippen molar-refractivity contribution in [2.24, 2.45) is 0 Å². The number of carbonyl (C=O) groups excluding carboxylic acids is 1. The Kier molecular flexibility index (Phi) is 6.38. The molecule has 11 heteroatoms. The molecule has 1 unspecified atom stereocenters. The van der Waals surface area contributed by atoms with Crippen LogP contribution in [-0.4, -0.2) is 34.7 Å². The molecule has 1 saturated heterocycles. The second kappa shape index (κ2) is 8.03. The predicted octanol–water partition coefficient (Wildman–Crippen LogP) is 3.95. The van der Waals surface area contributed by atoms with Gasteiger partial charge in [0.25, 0.3) is 11.6 Å². The Morgan fingerprint density at radius 2 is 1.89 bits per heavy atom. The summed E-state index contributed by atoms with van der Waals surface area (Å²) in [7, 11) is 0. The van der Waals surface area contributed by atoms with Crippen LogP contribution in [0.4, 0.5) is 18.9 Å². The molecule has 1 aliphatic heterocycles. The van der Waals surface area contributed by atoms with Crippen molar-refractivity contribution < 1.29 is 32.4 Å². The number of hydrogen-bond acceptors (Lipinski definition) is 6. The summed E-state index contributed by atoms with van der Waals surface area (Å²) in [6.07, 6.45) is -5.96. The summed E-state index contributed by atoms with van der Waals surface area (Å²) < 4.78 is 51.0. The van der Waals surface area contributed by atoms with Gasteiger partial charge in [0.05, 0.1) is 26.2 Å². The molecule has 27 heavy (non-hydrogen) atoms. The lowest BCUT2D eigenvalue weighted by molar-refractivity contribution is -0.387. The van der Waals surface area contributed by atoms with E-state index in [-0.39, 0.29) is 4.90 Å². The largest absolute Gasteiger partial charge is 0.417 e. The fourth-order valence-corrected chi connectivity index (χ4v) is 3.51. The van der Waals surface area contributed by atoms with E-state index < -0.39 is 57.7 Å².